The van der Waals surface area contributed by atoms with E-state index >= 15 is 0 Å². The molecule has 0 bridgehead atoms. The first-order valence-corrected chi connectivity index (χ1v) is 21.6. The summed E-state index contributed by atoms with van der Waals surface area (Å²) in [4.78, 5) is 28.6. The van der Waals surface area contributed by atoms with Crippen LogP contribution in [0.3, 0.4) is 0 Å². The second kappa shape index (κ2) is 12.9. The minimum absolute atomic E-state index is 0.332. The van der Waals surface area contributed by atoms with Crippen LogP contribution in [0.4, 0.5) is 0 Å². The molecule has 0 saturated heterocycles. The molecule has 0 N–H and O–H groups in total. The molecule has 4 aromatic heterocycles. The molecule has 6 heteroatoms. The topological polar surface area (TPSA) is 52.8 Å². The summed E-state index contributed by atoms with van der Waals surface area (Å²) in [6, 6.07) is 72.2. The summed E-state index contributed by atoms with van der Waals surface area (Å²) in [6.07, 6.45) is 0. The Kier molecular flexibility index (Phi) is 7.03. The average molecular weight is 819 g/mol. The van der Waals surface area contributed by atoms with E-state index in [9.17, 15) is 9.59 Å². The van der Waals surface area contributed by atoms with Gasteiger partial charge >= 0.3 is 0 Å². The second-order valence-electron chi connectivity index (χ2n) is 16.9. The average Bonchev–Trinajstić information content (AvgIpc) is 4.04. The molecule has 64 heavy (non-hydrogen) atoms. The van der Waals surface area contributed by atoms with Gasteiger partial charge in [0, 0.05) is 32.9 Å². The van der Waals surface area contributed by atoms with Crippen molar-refractivity contribution in [1.29, 1.82) is 0 Å². The highest BCUT2D eigenvalue weighted by Crippen LogP contribution is 2.40. The van der Waals surface area contributed by atoms with Gasteiger partial charge in [-0.3, -0.25) is 9.59 Å². The number of fused-ring (bicyclic) bond motifs is 13. The predicted octanol–water partition coefficient (Wildman–Crippen LogP) is 13.3. The third-order valence-electron chi connectivity index (χ3n) is 13.5. The number of rotatable bonds is 4. The molecular formula is C58H34N4O2. The number of aromatic nitrogens is 4. The first-order valence-electron chi connectivity index (χ1n) is 21.6. The van der Waals surface area contributed by atoms with Gasteiger partial charge in [-0.05, 0) is 129 Å². The summed E-state index contributed by atoms with van der Waals surface area (Å²) >= 11 is 0. The van der Waals surface area contributed by atoms with Crippen LogP contribution < -0.4 is 11.1 Å². The maximum atomic E-state index is 14.3. The summed E-state index contributed by atoms with van der Waals surface area (Å²) in [5, 5.41) is 10.2. The molecule has 0 fully saturated rings. The quantitative estimate of drug-likeness (QED) is 0.178. The Bertz CT molecular complexity index is 4120. The van der Waals surface area contributed by atoms with Crippen LogP contribution in [0, 0.1) is 0 Å². The lowest BCUT2D eigenvalue weighted by atomic mass is 10.0. The Hall–Kier alpha value is -8.74. The third-order valence-corrected chi connectivity index (χ3v) is 13.5. The Balaban J connectivity index is 1.02. The number of hydrogen-bond donors (Lipinski definition) is 0. The van der Waals surface area contributed by atoms with E-state index in [1.165, 1.54) is 15.3 Å². The molecule has 0 spiro atoms. The fourth-order valence-electron chi connectivity index (χ4n) is 10.5. The first kappa shape index (κ1) is 34.9. The zero-order valence-electron chi connectivity index (χ0n) is 34.2. The highest BCUT2D eigenvalue weighted by molar-refractivity contribution is 6.16. The van der Waals surface area contributed by atoms with Gasteiger partial charge in [-0.1, -0.05) is 121 Å². The third kappa shape index (κ3) is 4.85. The molecule has 0 atom stereocenters. The smallest absolute Gasteiger partial charge is 0.282 e. The first-order chi connectivity index (χ1) is 31.6. The van der Waals surface area contributed by atoms with Crippen LogP contribution >= 0.6 is 0 Å². The predicted molar refractivity (Wildman–Crippen MR) is 264 cm³/mol. The van der Waals surface area contributed by atoms with Crippen molar-refractivity contribution in [2.24, 2.45) is 0 Å². The Morgan fingerprint density at radius 3 is 1.08 bits per heavy atom. The van der Waals surface area contributed by atoms with Crippen LogP contribution in [0.25, 0.3) is 121 Å². The highest BCUT2D eigenvalue weighted by atomic mass is 16.2. The summed E-state index contributed by atoms with van der Waals surface area (Å²) in [7, 11) is 0. The van der Waals surface area contributed by atoms with Crippen molar-refractivity contribution in [3.8, 4) is 33.6 Å². The minimum Gasteiger partial charge on any atom is -0.309 e. The van der Waals surface area contributed by atoms with Gasteiger partial charge in [-0.25, -0.2) is 4.52 Å². The molecule has 0 aliphatic rings. The van der Waals surface area contributed by atoms with Crippen molar-refractivity contribution in [2.45, 2.75) is 0 Å². The fourth-order valence-corrected chi connectivity index (χ4v) is 10.5. The van der Waals surface area contributed by atoms with Gasteiger partial charge in [0.15, 0.2) is 0 Å². The van der Waals surface area contributed by atoms with Crippen LogP contribution in [0.2, 0.25) is 0 Å². The molecule has 0 unspecified atom stereocenters. The standard InChI is InChI=1S/C58H34N4O2/c63-57-45-23-21-43(59-51-25-19-41(35-11-3-1-4-12-35)29-47(51)49-27-37-15-7-9-17-39(37)31-53(49)59)33-55(45)61-56-34-44(22-24-46(56)58(64)62(57)61)60-52-26-20-42(36-13-5-2-6-14-36)30-48(52)50-28-38-16-8-10-18-40(38)32-54(50)60/h1-34H. The molecule has 14 aromatic rings. The highest BCUT2D eigenvalue weighted by Gasteiger charge is 2.22. The molecule has 10 aromatic carbocycles. The van der Waals surface area contributed by atoms with Crippen LogP contribution in [0.15, 0.2) is 216 Å². The molecule has 14 rings (SSSR count). The molecule has 0 amide bonds. The summed E-state index contributed by atoms with van der Waals surface area (Å²) < 4.78 is 7.72. The summed E-state index contributed by atoms with van der Waals surface area (Å²) in [6.45, 7) is 0. The van der Waals surface area contributed by atoms with E-state index in [1.54, 1.807) is 0 Å². The number of benzene rings is 10. The van der Waals surface area contributed by atoms with Crippen molar-refractivity contribution >= 4 is 87.0 Å². The van der Waals surface area contributed by atoms with Gasteiger partial charge in [0.25, 0.3) is 11.1 Å². The van der Waals surface area contributed by atoms with E-state index in [0.717, 1.165) is 88.0 Å². The second-order valence-corrected chi connectivity index (χ2v) is 16.9. The summed E-state index contributed by atoms with van der Waals surface area (Å²) in [5.74, 6) is 0. The van der Waals surface area contributed by atoms with E-state index in [2.05, 4.69) is 179 Å². The van der Waals surface area contributed by atoms with Crippen molar-refractivity contribution in [3.63, 3.8) is 0 Å². The monoisotopic (exact) mass is 818 g/mol. The lowest BCUT2D eigenvalue weighted by molar-refractivity contribution is 0.841. The van der Waals surface area contributed by atoms with Crippen molar-refractivity contribution in [2.75, 3.05) is 0 Å². The number of hydrogen-bond acceptors (Lipinski definition) is 2. The van der Waals surface area contributed by atoms with Crippen molar-refractivity contribution < 1.29 is 0 Å². The molecule has 6 nitrogen and oxygen atoms in total. The molecule has 0 aliphatic carbocycles. The normalized spacial score (nSPS) is 12.2. The fraction of sp³-hybridized carbons (Fsp3) is 0. The zero-order valence-corrected chi connectivity index (χ0v) is 34.2. The Labute approximate surface area is 364 Å². The van der Waals surface area contributed by atoms with Crippen LogP contribution in [-0.4, -0.2) is 18.2 Å². The van der Waals surface area contributed by atoms with E-state index < -0.39 is 0 Å². The Morgan fingerprint density at radius 1 is 0.250 bits per heavy atom. The summed E-state index contributed by atoms with van der Waals surface area (Å²) in [5.41, 5.74) is 11.3. The van der Waals surface area contributed by atoms with Gasteiger partial charge in [-0.15, -0.1) is 0 Å². The molecular weight excluding hydrogens is 785 g/mol. The van der Waals surface area contributed by atoms with Gasteiger partial charge in [0.05, 0.1) is 43.9 Å². The van der Waals surface area contributed by atoms with E-state index in [1.807, 2.05) is 40.9 Å². The largest absolute Gasteiger partial charge is 0.309 e. The number of nitrogens with zero attached hydrogens (tertiary/aromatic N) is 4. The SMILES string of the molecule is O=c1c2ccc(-n3c4ccc(-c5ccccc5)cc4c4cc5ccccc5cc43)cc2n2c3cc(-n4c5ccc(-c6ccccc6)cc5c5cc6ccccc6cc54)ccc3c(=O)n12. The minimum atomic E-state index is -0.332. The lowest BCUT2D eigenvalue weighted by Crippen LogP contribution is -2.21. The van der Waals surface area contributed by atoms with Crippen molar-refractivity contribution in [3.05, 3.63) is 227 Å². The van der Waals surface area contributed by atoms with Crippen LogP contribution in [-0.2, 0) is 0 Å². The van der Waals surface area contributed by atoms with E-state index in [4.69, 9.17) is 0 Å². The van der Waals surface area contributed by atoms with E-state index in [0.29, 0.717) is 21.8 Å². The van der Waals surface area contributed by atoms with Gasteiger partial charge in [-0.2, -0.15) is 4.52 Å². The zero-order chi connectivity index (χ0) is 42.2. The molecule has 0 radical (unpaired) electrons. The molecule has 4 heterocycles. The van der Waals surface area contributed by atoms with E-state index in [-0.39, 0.29) is 11.1 Å². The van der Waals surface area contributed by atoms with Gasteiger partial charge in [0.2, 0.25) is 0 Å². The molecule has 298 valence electrons. The van der Waals surface area contributed by atoms with Crippen molar-refractivity contribution in [1.82, 2.24) is 18.2 Å². The van der Waals surface area contributed by atoms with Crippen LogP contribution in [0.5, 0.6) is 0 Å². The maximum Gasteiger partial charge on any atom is 0.282 e. The Morgan fingerprint density at radius 2 is 0.641 bits per heavy atom. The molecule has 0 aliphatic heterocycles. The van der Waals surface area contributed by atoms with Gasteiger partial charge in [0.1, 0.15) is 0 Å². The maximum absolute atomic E-state index is 14.3. The molecule has 0 saturated carbocycles. The lowest BCUT2D eigenvalue weighted by Gasteiger charge is -2.10. The van der Waals surface area contributed by atoms with Crippen LogP contribution in [0.1, 0.15) is 0 Å². The van der Waals surface area contributed by atoms with Gasteiger partial charge < -0.3 is 9.13 Å².